The molecule has 0 aliphatic carbocycles. The van der Waals surface area contributed by atoms with E-state index >= 15 is 0 Å². The molecule has 0 aromatic heterocycles. The number of benzene rings is 2. The minimum Gasteiger partial charge on any atom is -0.306 e. The number of nitrogens with one attached hydrogen (secondary N) is 1. The molecule has 0 bridgehead atoms. The minimum absolute atomic E-state index is 0.0841. The van der Waals surface area contributed by atoms with Crippen molar-refractivity contribution in [1.29, 1.82) is 0 Å². The van der Waals surface area contributed by atoms with Crippen LogP contribution in [0.1, 0.15) is 24.0 Å². The van der Waals surface area contributed by atoms with Crippen molar-refractivity contribution in [2.24, 2.45) is 0 Å². The highest BCUT2D eigenvalue weighted by Gasteiger charge is 2.30. The second-order valence-corrected chi connectivity index (χ2v) is 5.90. The standard InChI is InChI=1S/C19H22N2O/c1-14-8-3-5-11-17(14)21(18-12-6-4-9-15(18)2)19(22)16-10-7-13-20-16/h3-6,8-9,11-12,16,20H,7,10,13H2,1-2H3/t16-/m0/s1. The maximum atomic E-state index is 13.1. The molecule has 1 fully saturated rings. The van der Waals surface area contributed by atoms with E-state index in [0.29, 0.717) is 0 Å². The Morgan fingerprint density at radius 3 is 2.00 bits per heavy atom. The number of amides is 1. The molecule has 0 unspecified atom stereocenters. The fraction of sp³-hybridized carbons (Fsp3) is 0.316. The SMILES string of the molecule is Cc1ccccc1N(C(=O)[C@@H]1CCCN1)c1ccccc1C. The Kier molecular flexibility index (Phi) is 4.25. The van der Waals surface area contributed by atoms with Crippen LogP contribution in [-0.4, -0.2) is 18.5 Å². The first-order valence-corrected chi connectivity index (χ1v) is 7.87. The molecule has 0 saturated carbocycles. The molecule has 0 spiro atoms. The summed E-state index contributed by atoms with van der Waals surface area (Å²) in [4.78, 5) is 15.0. The number of aryl methyl sites for hydroxylation is 2. The van der Waals surface area contributed by atoms with Gasteiger partial charge in [-0.05, 0) is 56.5 Å². The number of nitrogens with zero attached hydrogens (tertiary/aromatic N) is 1. The summed E-state index contributed by atoms with van der Waals surface area (Å²) in [6.07, 6.45) is 1.97. The lowest BCUT2D eigenvalue weighted by molar-refractivity contribution is -0.119. The Morgan fingerprint density at radius 1 is 1.00 bits per heavy atom. The van der Waals surface area contributed by atoms with E-state index in [1.807, 2.05) is 41.3 Å². The zero-order valence-corrected chi connectivity index (χ0v) is 13.2. The zero-order valence-electron chi connectivity index (χ0n) is 13.2. The molecular formula is C19H22N2O. The molecule has 0 radical (unpaired) electrons. The smallest absolute Gasteiger partial charge is 0.248 e. The molecule has 1 N–H and O–H groups in total. The largest absolute Gasteiger partial charge is 0.306 e. The molecular weight excluding hydrogens is 272 g/mol. The van der Waals surface area contributed by atoms with E-state index < -0.39 is 0 Å². The summed E-state index contributed by atoms with van der Waals surface area (Å²) >= 11 is 0. The maximum Gasteiger partial charge on any atom is 0.248 e. The van der Waals surface area contributed by atoms with Gasteiger partial charge in [0, 0.05) is 0 Å². The molecule has 3 heteroatoms. The fourth-order valence-electron chi connectivity index (χ4n) is 3.05. The third-order valence-corrected chi connectivity index (χ3v) is 4.29. The lowest BCUT2D eigenvalue weighted by atomic mass is 10.1. The first-order valence-electron chi connectivity index (χ1n) is 7.87. The van der Waals surface area contributed by atoms with Crippen molar-refractivity contribution in [3.63, 3.8) is 0 Å². The van der Waals surface area contributed by atoms with Crippen molar-refractivity contribution in [2.45, 2.75) is 32.7 Å². The van der Waals surface area contributed by atoms with Crippen LogP contribution in [-0.2, 0) is 4.79 Å². The van der Waals surface area contributed by atoms with Gasteiger partial charge in [-0.25, -0.2) is 0 Å². The van der Waals surface area contributed by atoms with E-state index in [1.165, 1.54) is 0 Å². The van der Waals surface area contributed by atoms with E-state index in [2.05, 4.69) is 31.3 Å². The van der Waals surface area contributed by atoms with Gasteiger partial charge in [-0.2, -0.15) is 0 Å². The number of hydrogen-bond acceptors (Lipinski definition) is 2. The van der Waals surface area contributed by atoms with Crippen LogP contribution in [0.5, 0.6) is 0 Å². The average molecular weight is 294 g/mol. The van der Waals surface area contributed by atoms with Gasteiger partial charge in [0.05, 0.1) is 17.4 Å². The highest BCUT2D eigenvalue weighted by molar-refractivity contribution is 6.04. The quantitative estimate of drug-likeness (QED) is 0.935. The molecule has 1 atom stereocenters. The number of rotatable bonds is 3. The minimum atomic E-state index is -0.0841. The van der Waals surface area contributed by atoms with Crippen molar-refractivity contribution in [3.05, 3.63) is 59.7 Å². The summed E-state index contributed by atoms with van der Waals surface area (Å²) < 4.78 is 0. The molecule has 1 amide bonds. The predicted molar refractivity (Wildman–Crippen MR) is 90.5 cm³/mol. The zero-order chi connectivity index (χ0) is 15.5. The molecule has 1 aliphatic heterocycles. The lowest BCUT2D eigenvalue weighted by Gasteiger charge is -2.28. The number of para-hydroxylation sites is 2. The molecule has 1 aliphatic rings. The van der Waals surface area contributed by atoms with Crippen molar-refractivity contribution >= 4 is 17.3 Å². The lowest BCUT2D eigenvalue weighted by Crippen LogP contribution is -2.41. The fourth-order valence-corrected chi connectivity index (χ4v) is 3.05. The summed E-state index contributed by atoms with van der Waals surface area (Å²) in [6.45, 7) is 5.03. The van der Waals surface area contributed by atoms with E-state index in [9.17, 15) is 4.79 Å². The monoisotopic (exact) mass is 294 g/mol. The predicted octanol–water partition coefficient (Wildman–Crippen LogP) is 3.72. The van der Waals surface area contributed by atoms with Crippen molar-refractivity contribution in [2.75, 3.05) is 11.4 Å². The van der Waals surface area contributed by atoms with E-state index in [-0.39, 0.29) is 11.9 Å². The van der Waals surface area contributed by atoms with Gasteiger partial charge in [-0.1, -0.05) is 36.4 Å². The van der Waals surface area contributed by atoms with Crippen LogP contribution in [0.4, 0.5) is 11.4 Å². The topological polar surface area (TPSA) is 32.3 Å². The number of hydrogen-bond donors (Lipinski definition) is 1. The molecule has 22 heavy (non-hydrogen) atoms. The van der Waals surface area contributed by atoms with Crippen LogP contribution >= 0.6 is 0 Å². The number of carbonyl (C=O) groups is 1. The summed E-state index contributed by atoms with van der Waals surface area (Å²) in [7, 11) is 0. The summed E-state index contributed by atoms with van der Waals surface area (Å²) in [5, 5.41) is 3.32. The van der Waals surface area contributed by atoms with Crippen LogP contribution in [0.3, 0.4) is 0 Å². The van der Waals surface area contributed by atoms with Crippen LogP contribution in [0.15, 0.2) is 48.5 Å². The van der Waals surface area contributed by atoms with Crippen LogP contribution in [0, 0.1) is 13.8 Å². The maximum absolute atomic E-state index is 13.1. The molecule has 3 rings (SSSR count). The van der Waals surface area contributed by atoms with Gasteiger partial charge in [0.1, 0.15) is 0 Å². The molecule has 2 aromatic carbocycles. The molecule has 114 valence electrons. The Hall–Kier alpha value is -2.13. The van der Waals surface area contributed by atoms with Crippen LogP contribution in [0.2, 0.25) is 0 Å². The second kappa shape index (κ2) is 6.32. The van der Waals surface area contributed by atoms with Gasteiger partial charge >= 0.3 is 0 Å². The normalized spacial score (nSPS) is 17.5. The van der Waals surface area contributed by atoms with Crippen molar-refractivity contribution < 1.29 is 4.79 Å². The van der Waals surface area contributed by atoms with Gasteiger partial charge in [0.2, 0.25) is 5.91 Å². The van der Waals surface area contributed by atoms with Crippen molar-refractivity contribution in [1.82, 2.24) is 5.32 Å². The Balaban J connectivity index is 2.08. The van der Waals surface area contributed by atoms with Gasteiger partial charge in [0.25, 0.3) is 0 Å². The Bertz CT molecular complexity index is 629. The highest BCUT2D eigenvalue weighted by atomic mass is 16.2. The molecule has 3 nitrogen and oxygen atoms in total. The van der Waals surface area contributed by atoms with E-state index in [4.69, 9.17) is 0 Å². The first kappa shape index (κ1) is 14.8. The summed E-state index contributed by atoms with van der Waals surface area (Å²) in [5.74, 6) is 0.140. The first-order chi connectivity index (χ1) is 10.7. The van der Waals surface area contributed by atoms with Gasteiger partial charge < -0.3 is 5.32 Å². The van der Waals surface area contributed by atoms with Crippen LogP contribution in [0.25, 0.3) is 0 Å². The average Bonchev–Trinajstić information content (AvgIpc) is 3.05. The molecule has 1 saturated heterocycles. The second-order valence-electron chi connectivity index (χ2n) is 5.90. The highest BCUT2D eigenvalue weighted by Crippen LogP contribution is 2.32. The summed E-state index contributed by atoms with van der Waals surface area (Å²) in [5.41, 5.74) is 4.15. The van der Waals surface area contributed by atoms with Gasteiger partial charge in [-0.3, -0.25) is 9.69 Å². The van der Waals surface area contributed by atoms with Gasteiger partial charge in [-0.15, -0.1) is 0 Å². The van der Waals surface area contributed by atoms with Crippen LogP contribution < -0.4 is 10.2 Å². The van der Waals surface area contributed by atoms with Gasteiger partial charge in [0.15, 0.2) is 0 Å². The number of anilines is 2. The summed E-state index contributed by atoms with van der Waals surface area (Å²) in [6, 6.07) is 16.1. The Morgan fingerprint density at radius 2 is 1.55 bits per heavy atom. The van der Waals surface area contributed by atoms with E-state index in [0.717, 1.165) is 41.9 Å². The van der Waals surface area contributed by atoms with E-state index in [1.54, 1.807) is 0 Å². The third kappa shape index (κ3) is 2.77. The number of carbonyl (C=O) groups excluding carboxylic acids is 1. The molecule has 2 aromatic rings. The molecule has 1 heterocycles. The Labute approximate surface area is 132 Å². The third-order valence-electron chi connectivity index (χ3n) is 4.29. The van der Waals surface area contributed by atoms with Crippen molar-refractivity contribution in [3.8, 4) is 0 Å².